The summed E-state index contributed by atoms with van der Waals surface area (Å²) in [5.41, 5.74) is 2.59. The molecule has 35 heavy (non-hydrogen) atoms. The number of benzene rings is 2. The number of hydrogen-bond acceptors (Lipinski definition) is 6. The first-order chi connectivity index (χ1) is 16.8. The molecule has 2 fully saturated rings. The van der Waals surface area contributed by atoms with Crippen molar-refractivity contribution in [3.05, 3.63) is 74.2 Å². The number of nitrogens with zero attached hydrogens (tertiary/aromatic N) is 4. The first-order valence-electron chi connectivity index (χ1n) is 11.1. The van der Waals surface area contributed by atoms with Crippen LogP contribution in [0.15, 0.2) is 47.5 Å². The van der Waals surface area contributed by atoms with Crippen LogP contribution in [0.3, 0.4) is 0 Å². The molecule has 0 unspecified atom stereocenters. The molecule has 3 aliphatic heterocycles. The van der Waals surface area contributed by atoms with Crippen molar-refractivity contribution < 1.29 is 14.6 Å². The summed E-state index contributed by atoms with van der Waals surface area (Å²) < 4.78 is 5.88. The lowest BCUT2D eigenvalue weighted by Crippen LogP contribution is -2.63. The lowest BCUT2D eigenvalue weighted by atomic mass is 10.00. The standard InChI is InChI=1S/C25H21Cl3N4O3/c26-20-6-4-15(10-21(20)27)25(34)14-32-9-8-31(12-17(32)13-35-25)24(33)19-3-1-2-18(23(19)28)22-7-5-16(11-29)30-22/h1-4,6-7,10,17,34H,5,8-9,12-14H2/t17-,25-/m0/s1. The van der Waals surface area contributed by atoms with Crippen molar-refractivity contribution in [1.82, 2.24) is 9.80 Å². The molecule has 2 aromatic carbocycles. The van der Waals surface area contributed by atoms with Crippen LogP contribution in [-0.4, -0.2) is 65.4 Å². The maximum atomic E-state index is 13.4. The van der Waals surface area contributed by atoms with E-state index in [-0.39, 0.29) is 25.1 Å². The Labute approximate surface area is 217 Å². The van der Waals surface area contributed by atoms with Gasteiger partial charge in [-0.1, -0.05) is 59.1 Å². The van der Waals surface area contributed by atoms with Gasteiger partial charge in [-0.05, 0) is 18.2 Å². The highest BCUT2D eigenvalue weighted by atomic mass is 35.5. The van der Waals surface area contributed by atoms with E-state index in [0.717, 1.165) is 0 Å². The summed E-state index contributed by atoms with van der Waals surface area (Å²) >= 11 is 18.8. The van der Waals surface area contributed by atoms with Crippen molar-refractivity contribution in [1.29, 1.82) is 5.26 Å². The van der Waals surface area contributed by atoms with E-state index in [1.54, 1.807) is 41.3 Å². The molecule has 1 N–H and O–H groups in total. The fraction of sp³-hybridized carbons (Fsp3) is 0.320. The van der Waals surface area contributed by atoms with E-state index in [4.69, 9.17) is 44.8 Å². The number of rotatable bonds is 3. The van der Waals surface area contributed by atoms with Crippen LogP contribution in [0.25, 0.3) is 5.70 Å². The van der Waals surface area contributed by atoms with Gasteiger partial charge in [0.05, 0.1) is 45.5 Å². The molecule has 2 saturated heterocycles. The van der Waals surface area contributed by atoms with E-state index in [9.17, 15) is 9.90 Å². The third-order valence-electron chi connectivity index (χ3n) is 6.57. The SMILES string of the molecule is N#CC1=NC(c2cccc(C(=O)N3CCN4C[C@@](O)(c5ccc(Cl)c(Cl)c5)OC[C@@H]4C3)c2Cl)=CC1. The Bertz CT molecular complexity index is 1310. The van der Waals surface area contributed by atoms with Crippen molar-refractivity contribution in [2.24, 2.45) is 4.99 Å². The van der Waals surface area contributed by atoms with Crippen molar-refractivity contribution in [3.8, 4) is 6.07 Å². The Hall–Kier alpha value is -2.44. The quantitative estimate of drug-likeness (QED) is 0.636. The van der Waals surface area contributed by atoms with Crippen LogP contribution in [0.4, 0.5) is 0 Å². The normalized spacial score (nSPS) is 24.4. The van der Waals surface area contributed by atoms with Gasteiger partial charge in [-0.25, -0.2) is 4.99 Å². The third-order valence-corrected chi connectivity index (χ3v) is 7.72. The minimum absolute atomic E-state index is 0.0713. The Morgan fingerprint density at radius 3 is 2.77 bits per heavy atom. The molecule has 1 amide bonds. The molecule has 0 radical (unpaired) electrons. The topological polar surface area (TPSA) is 89.2 Å². The average molecular weight is 532 g/mol. The number of carbonyl (C=O) groups excluding carboxylic acids is 1. The molecule has 2 aromatic rings. The Kier molecular flexibility index (Phi) is 6.62. The van der Waals surface area contributed by atoms with Gasteiger partial charge in [0.1, 0.15) is 11.8 Å². The molecule has 0 spiro atoms. The van der Waals surface area contributed by atoms with Crippen molar-refractivity contribution in [2.75, 3.05) is 32.8 Å². The van der Waals surface area contributed by atoms with Crippen LogP contribution in [0.1, 0.15) is 27.9 Å². The zero-order valence-corrected chi connectivity index (χ0v) is 20.8. The van der Waals surface area contributed by atoms with Crippen molar-refractivity contribution in [3.63, 3.8) is 0 Å². The fourth-order valence-corrected chi connectivity index (χ4v) is 5.25. The molecule has 3 heterocycles. The van der Waals surface area contributed by atoms with Gasteiger partial charge in [-0.15, -0.1) is 0 Å². The Morgan fingerprint density at radius 1 is 1.20 bits per heavy atom. The highest BCUT2D eigenvalue weighted by Crippen LogP contribution is 2.35. The van der Waals surface area contributed by atoms with Crippen molar-refractivity contribution in [2.45, 2.75) is 18.2 Å². The van der Waals surface area contributed by atoms with E-state index in [0.29, 0.717) is 69.2 Å². The lowest BCUT2D eigenvalue weighted by Gasteiger charge is -2.49. The third kappa shape index (κ3) is 4.58. The Balaban J connectivity index is 1.30. The van der Waals surface area contributed by atoms with Crippen LogP contribution in [-0.2, 0) is 10.5 Å². The number of morpholine rings is 1. The van der Waals surface area contributed by atoms with Crippen LogP contribution < -0.4 is 0 Å². The lowest BCUT2D eigenvalue weighted by molar-refractivity contribution is -0.265. The molecule has 3 aliphatic rings. The molecule has 10 heteroatoms. The molecule has 180 valence electrons. The summed E-state index contributed by atoms with van der Waals surface area (Å²) in [6, 6.07) is 12.2. The van der Waals surface area contributed by atoms with Crippen LogP contribution >= 0.6 is 34.8 Å². The number of halogens is 3. The van der Waals surface area contributed by atoms with Gasteiger partial charge in [0.25, 0.3) is 5.91 Å². The molecule has 5 rings (SSSR count). The van der Waals surface area contributed by atoms with Crippen LogP contribution in [0.2, 0.25) is 15.1 Å². The summed E-state index contributed by atoms with van der Waals surface area (Å²) in [7, 11) is 0. The van der Waals surface area contributed by atoms with E-state index in [1.807, 2.05) is 6.08 Å². The summed E-state index contributed by atoms with van der Waals surface area (Å²) in [4.78, 5) is 21.6. The van der Waals surface area contributed by atoms with E-state index < -0.39 is 5.79 Å². The molecular weight excluding hydrogens is 511 g/mol. The molecule has 7 nitrogen and oxygen atoms in total. The molecular formula is C25H21Cl3N4O3. The molecule has 0 bridgehead atoms. The molecule has 0 aliphatic carbocycles. The summed E-state index contributed by atoms with van der Waals surface area (Å²) in [5.74, 6) is -1.68. The summed E-state index contributed by atoms with van der Waals surface area (Å²) in [6.07, 6.45) is 2.29. The maximum Gasteiger partial charge on any atom is 0.255 e. The predicted octanol–water partition coefficient (Wildman–Crippen LogP) is 4.36. The Morgan fingerprint density at radius 2 is 2.03 bits per heavy atom. The number of ether oxygens (including phenoxy) is 1. The van der Waals surface area contributed by atoms with Gasteiger partial charge in [0.15, 0.2) is 0 Å². The first-order valence-corrected chi connectivity index (χ1v) is 12.2. The van der Waals surface area contributed by atoms with Crippen LogP contribution in [0.5, 0.6) is 0 Å². The highest BCUT2D eigenvalue weighted by molar-refractivity contribution is 6.42. The first kappa shape index (κ1) is 24.3. The number of aliphatic imine (C=N–C) groups is 1. The number of amides is 1. The number of piperazine rings is 1. The number of allylic oxidation sites excluding steroid dienone is 1. The van der Waals surface area contributed by atoms with Gasteiger partial charge in [0.2, 0.25) is 5.79 Å². The number of aliphatic hydroxyl groups is 1. The minimum Gasteiger partial charge on any atom is -0.361 e. The average Bonchev–Trinajstić information content (AvgIpc) is 3.34. The molecule has 0 aromatic heterocycles. The van der Waals surface area contributed by atoms with Gasteiger partial charge in [-0.2, -0.15) is 5.26 Å². The van der Waals surface area contributed by atoms with Crippen LogP contribution in [0, 0.1) is 11.3 Å². The fourth-order valence-electron chi connectivity index (χ4n) is 4.65. The zero-order chi connectivity index (χ0) is 24.7. The maximum absolute atomic E-state index is 13.4. The molecule has 0 saturated carbocycles. The largest absolute Gasteiger partial charge is 0.361 e. The van der Waals surface area contributed by atoms with Gasteiger partial charge in [0, 0.05) is 37.2 Å². The second kappa shape index (κ2) is 9.55. The second-order valence-electron chi connectivity index (χ2n) is 8.73. The summed E-state index contributed by atoms with van der Waals surface area (Å²) in [5, 5.41) is 21.3. The molecule has 2 atom stereocenters. The van der Waals surface area contributed by atoms with Crippen molar-refractivity contribution >= 4 is 52.1 Å². The highest BCUT2D eigenvalue weighted by Gasteiger charge is 2.43. The van der Waals surface area contributed by atoms with E-state index >= 15 is 0 Å². The summed E-state index contributed by atoms with van der Waals surface area (Å²) in [6.45, 7) is 1.98. The van der Waals surface area contributed by atoms with Gasteiger partial charge >= 0.3 is 0 Å². The minimum atomic E-state index is -1.51. The second-order valence-corrected chi connectivity index (χ2v) is 9.92. The smallest absolute Gasteiger partial charge is 0.255 e. The van der Waals surface area contributed by atoms with E-state index in [1.165, 1.54) is 0 Å². The van der Waals surface area contributed by atoms with E-state index in [2.05, 4.69) is 16.0 Å². The predicted molar refractivity (Wildman–Crippen MR) is 135 cm³/mol. The zero-order valence-electron chi connectivity index (χ0n) is 18.5. The van der Waals surface area contributed by atoms with Gasteiger partial charge in [-0.3, -0.25) is 9.69 Å². The monoisotopic (exact) mass is 530 g/mol. The van der Waals surface area contributed by atoms with Gasteiger partial charge < -0.3 is 14.7 Å². The number of fused-ring (bicyclic) bond motifs is 1. The number of carbonyl (C=O) groups is 1. The number of hydrogen-bond donors (Lipinski definition) is 1. The number of nitriles is 1.